The first-order valence-electron chi connectivity index (χ1n) is 6.02. The smallest absolute Gasteiger partial charge is 0.280 e. The van der Waals surface area contributed by atoms with Crippen LogP contribution in [0.25, 0.3) is 11.3 Å². The van der Waals surface area contributed by atoms with Crippen molar-refractivity contribution in [1.29, 1.82) is 0 Å². The summed E-state index contributed by atoms with van der Waals surface area (Å²) < 4.78 is 27.5. The minimum absolute atomic E-state index is 0.280. The minimum Gasteiger partial charge on any atom is -0.330 e. The summed E-state index contributed by atoms with van der Waals surface area (Å²) in [6.07, 6.45) is -0.879. The van der Waals surface area contributed by atoms with E-state index in [1.807, 2.05) is 6.92 Å². The number of rotatable bonds is 5. The van der Waals surface area contributed by atoms with Crippen LogP contribution >= 0.6 is 11.8 Å². The van der Waals surface area contributed by atoms with Gasteiger partial charge in [0.1, 0.15) is 5.69 Å². The Morgan fingerprint density at radius 2 is 2.15 bits per heavy atom. The normalized spacial score (nSPS) is 11.3. The molecule has 8 heteroatoms. The van der Waals surface area contributed by atoms with Gasteiger partial charge < -0.3 is 5.73 Å². The van der Waals surface area contributed by atoms with Crippen molar-refractivity contribution in [2.24, 2.45) is 12.8 Å². The van der Waals surface area contributed by atoms with Crippen molar-refractivity contribution >= 4 is 11.8 Å². The summed E-state index contributed by atoms with van der Waals surface area (Å²) in [7, 11) is 1.77. The Hall–Kier alpha value is -1.54. The zero-order valence-corrected chi connectivity index (χ0v) is 12.0. The molecule has 2 aromatic heterocycles. The fourth-order valence-electron chi connectivity index (χ4n) is 1.76. The fourth-order valence-corrected chi connectivity index (χ4v) is 2.39. The summed E-state index contributed by atoms with van der Waals surface area (Å²) in [5.41, 5.74) is 7.06. The molecule has 0 aliphatic rings. The van der Waals surface area contributed by atoms with Gasteiger partial charge in [0.15, 0.2) is 5.16 Å². The van der Waals surface area contributed by atoms with E-state index in [0.717, 1.165) is 11.3 Å². The van der Waals surface area contributed by atoms with Crippen LogP contribution in [0.15, 0.2) is 17.4 Å². The number of nitrogens with two attached hydrogens (primary N) is 1. The topological polar surface area (TPSA) is 69.6 Å². The number of hydrogen-bond donors (Lipinski definition) is 1. The van der Waals surface area contributed by atoms with Gasteiger partial charge in [0.2, 0.25) is 0 Å². The summed E-state index contributed by atoms with van der Waals surface area (Å²) in [5, 5.41) is 4.51. The lowest BCUT2D eigenvalue weighted by atomic mass is 10.2. The number of thioether (sulfide) groups is 1. The molecule has 2 heterocycles. The van der Waals surface area contributed by atoms with Gasteiger partial charge in [-0.1, -0.05) is 11.8 Å². The Balaban J connectivity index is 2.46. The Labute approximate surface area is 119 Å². The van der Waals surface area contributed by atoms with Crippen LogP contribution < -0.4 is 5.73 Å². The molecule has 5 nitrogen and oxygen atoms in total. The molecule has 108 valence electrons. The maximum atomic E-state index is 12.9. The van der Waals surface area contributed by atoms with Crippen molar-refractivity contribution in [1.82, 2.24) is 19.7 Å². The van der Waals surface area contributed by atoms with E-state index in [9.17, 15) is 8.78 Å². The Kier molecular flexibility index (Phi) is 4.66. The summed E-state index contributed by atoms with van der Waals surface area (Å²) in [6, 6.07) is 1.31. The lowest BCUT2D eigenvalue weighted by molar-refractivity contribution is 0.145. The van der Waals surface area contributed by atoms with E-state index in [4.69, 9.17) is 5.73 Å². The van der Waals surface area contributed by atoms with Gasteiger partial charge in [-0.05, 0) is 13.0 Å². The Bertz CT molecular complexity index is 600. The van der Waals surface area contributed by atoms with Crippen LogP contribution in [0.3, 0.4) is 0 Å². The molecule has 0 radical (unpaired) electrons. The Morgan fingerprint density at radius 1 is 1.40 bits per heavy atom. The largest absolute Gasteiger partial charge is 0.330 e. The number of alkyl halides is 2. The molecule has 20 heavy (non-hydrogen) atoms. The first-order chi connectivity index (χ1) is 9.51. The molecule has 0 aromatic carbocycles. The second-order valence-electron chi connectivity index (χ2n) is 4.20. The number of nitrogens with zero attached hydrogens (tertiary/aromatic N) is 4. The number of hydrogen-bond acceptors (Lipinski definition) is 5. The van der Waals surface area contributed by atoms with E-state index in [1.165, 1.54) is 17.8 Å². The Morgan fingerprint density at radius 3 is 2.70 bits per heavy atom. The van der Waals surface area contributed by atoms with Crippen LogP contribution in [0.5, 0.6) is 0 Å². The monoisotopic (exact) mass is 299 g/mol. The zero-order valence-electron chi connectivity index (χ0n) is 11.2. The summed E-state index contributed by atoms with van der Waals surface area (Å²) >= 11 is 1.27. The molecule has 0 aliphatic carbocycles. The van der Waals surface area contributed by atoms with E-state index in [-0.39, 0.29) is 5.69 Å². The van der Waals surface area contributed by atoms with Crippen molar-refractivity contribution in [3.8, 4) is 11.3 Å². The highest BCUT2D eigenvalue weighted by atomic mass is 32.2. The summed E-state index contributed by atoms with van der Waals surface area (Å²) in [5.74, 6) is 0.582. The molecule has 0 bridgehead atoms. The molecule has 0 saturated carbocycles. The van der Waals surface area contributed by atoms with Gasteiger partial charge in [-0.2, -0.15) is 5.10 Å². The van der Waals surface area contributed by atoms with Gasteiger partial charge in [0.05, 0.1) is 11.4 Å². The van der Waals surface area contributed by atoms with E-state index >= 15 is 0 Å². The minimum atomic E-state index is -2.63. The van der Waals surface area contributed by atoms with Crippen molar-refractivity contribution in [2.45, 2.75) is 18.5 Å². The van der Waals surface area contributed by atoms with Crippen molar-refractivity contribution in [3.05, 3.63) is 23.7 Å². The van der Waals surface area contributed by atoms with Crippen molar-refractivity contribution in [3.63, 3.8) is 0 Å². The number of halogens is 2. The first-order valence-corrected chi connectivity index (χ1v) is 7.00. The van der Waals surface area contributed by atoms with Gasteiger partial charge in [-0.15, -0.1) is 0 Å². The highest BCUT2D eigenvalue weighted by Crippen LogP contribution is 2.27. The molecular formula is C12H15F2N5S. The molecule has 2 rings (SSSR count). The lowest BCUT2D eigenvalue weighted by Gasteiger charge is -2.06. The summed E-state index contributed by atoms with van der Waals surface area (Å²) in [6.45, 7) is 2.25. The molecule has 2 N–H and O–H groups in total. The molecule has 0 amide bonds. The van der Waals surface area contributed by atoms with E-state index in [2.05, 4.69) is 15.1 Å². The predicted octanol–water partition coefficient (Wildman–Crippen LogP) is 2.17. The molecule has 0 fully saturated rings. The highest BCUT2D eigenvalue weighted by molar-refractivity contribution is 7.99. The fraction of sp³-hybridized carbons (Fsp3) is 0.417. The highest BCUT2D eigenvalue weighted by Gasteiger charge is 2.16. The predicted molar refractivity (Wildman–Crippen MR) is 73.7 cm³/mol. The molecule has 0 unspecified atom stereocenters. The van der Waals surface area contributed by atoms with Crippen LogP contribution in [0.2, 0.25) is 0 Å². The first kappa shape index (κ1) is 14.9. The molecule has 0 spiro atoms. The van der Waals surface area contributed by atoms with Gasteiger partial charge >= 0.3 is 0 Å². The van der Waals surface area contributed by atoms with Crippen molar-refractivity contribution in [2.75, 3.05) is 12.3 Å². The zero-order chi connectivity index (χ0) is 14.7. The molecule has 0 atom stereocenters. The van der Waals surface area contributed by atoms with E-state index < -0.39 is 6.43 Å². The van der Waals surface area contributed by atoms with E-state index in [1.54, 1.807) is 17.9 Å². The van der Waals surface area contributed by atoms with Crippen LogP contribution in [-0.4, -0.2) is 32.0 Å². The van der Waals surface area contributed by atoms with Gasteiger partial charge in [0.25, 0.3) is 6.43 Å². The number of aromatic nitrogens is 4. The average Bonchev–Trinajstić information content (AvgIpc) is 2.75. The second kappa shape index (κ2) is 6.27. The molecule has 2 aromatic rings. The third-order valence-electron chi connectivity index (χ3n) is 2.59. The maximum Gasteiger partial charge on any atom is 0.280 e. The number of aryl methyl sites for hydroxylation is 2. The van der Waals surface area contributed by atoms with Crippen molar-refractivity contribution < 1.29 is 8.78 Å². The van der Waals surface area contributed by atoms with Crippen LogP contribution in [0.4, 0.5) is 8.78 Å². The second-order valence-corrected chi connectivity index (χ2v) is 5.26. The maximum absolute atomic E-state index is 12.9. The molecule has 0 aliphatic heterocycles. The summed E-state index contributed by atoms with van der Waals surface area (Å²) in [4.78, 5) is 8.16. The van der Waals surface area contributed by atoms with Crippen LogP contribution in [-0.2, 0) is 7.05 Å². The lowest BCUT2D eigenvalue weighted by Crippen LogP contribution is -2.03. The van der Waals surface area contributed by atoms with Gasteiger partial charge in [0, 0.05) is 31.1 Å². The van der Waals surface area contributed by atoms with Gasteiger partial charge in [-0.3, -0.25) is 4.68 Å². The van der Waals surface area contributed by atoms with Crippen LogP contribution in [0.1, 0.15) is 17.8 Å². The SMILES string of the molecule is Cc1nn(C)cc1-c1cc(C(F)F)nc(SCCN)n1. The average molecular weight is 299 g/mol. The molecule has 0 saturated heterocycles. The van der Waals surface area contributed by atoms with Gasteiger partial charge in [-0.25, -0.2) is 18.7 Å². The molecular weight excluding hydrogens is 284 g/mol. The van der Waals surface area contributed by atoms with Crippen LogP contribution in [0, 0.1) is 6.92 Å². The van der Waals surface area contributed by atoms with E-state index in [0.29, 0.717) is 23.1 Å². The quantitative estimate of drug-likeness (QED) is 0.677. The third kappa shape index (κ3) is 3.31. The standard InChI is InChI=1S/C12H15F2N5S/c1-7-8(6-19(2)18-7)9-5-10(11(13)14)17-12(16-9)20-4-3-15/h5-6,11H,3-4,15H2,1-2H3. The third-order valence-corrected chi connectivity index (χ3v) is 3.47.